The molecule has 1 heterocycles. The van der Waals surface area contributed by atoms with Crippen molar-refractivity contribution in [3.05, 3.63) is 64.5 Å². The lowest BCUT2D eigenvalue weighted by atomic mass is 9.78. The summed E-state index contributed by atoms with van der Waals surface area (Å²) < 4.78 is 12.0. The second-order valence-corrected chi connectivity index (χ2v) is 11.4. The van der Waals surface area contributed by atoms with Crippen LogP contribution in [0.1, 0.15) is 76.4 Å². The molecule has 0 saturated heterocycles. The summed E-state index contributed by atoms with van der Waals surface area (Å²) in [6.07, 6.45) is 2.92. The summed E-state index contributed by atoms with van der Waals surface area (Å²) in [7, 11) is 0. The summed E-state index contributed by atoms with van der Waals surface area (Å²) in [6.45, 7) is 16.8. The third kappa shape index (κ3) is 7.97. The monoisotopic (exact) mass is 530 g/mol. The first-order valence-electron chi connectivity index (χ1n) is 12.8. The predicted molar refractivity (Wildman–Crippen MR) is 152 cm³/mol. The van der Waals surface area contributed by atoms with Gasteiger partial charge in [-0.05, 0) is 47.6 Å². The molecule has 0 saturated carbocycles. The van der Waals surface area contributed by atoms with E-state index in [1.165, 1.54) is 0 Å². The molecule has 2 aromatic carbocycles. The zero-order valence-corrected chi connectivity index (χ0v) is 24.1. The highest BCUT2D eigenvalue weighted by molar-refractivity contribution is 5.85. The van der Waals surface area contributed by atoms with Crippen molar-refractivity contribution in [2.45, 2.75) is 78.7 Å². The van der Waals surface area contributed by atoms with Crippen molar-refractivity contribution in [3.63, 3.8) is 0 Å². The molecule has 204 valence electrons. The van der Waals surface area contributed by atoms with Crippen molar-refractivity contribution in [2.24, 2.45) is 0 Å². The van der Waals surface area contributed by atoms with Gasteiger partial charge in [-0.3, -0.25) is 0 Å². The van der Waals surface area contributed by atoms with E-state index in [0.717, 1.165) is 45.8 Å². The van der Waals surface area contributed by atoms with E-state index < -0.39 is 0 Å². The van der Waals surface area contributed by atoms with E-state index in [1.54, 1.807) is 6.26 Å². The van der Waals surface area contributed by atoms with Crippen LogP contribution in [0.3, 0.4) is 0 Å². The van der Waals surface area contributed by atoms with E-state index in [4.69, 9.17) is 14.1 Å². The van der Waals surface area contributed by atoms with Crippen molar-refractivity contribution in [1.82, 2.24) is 10.3 Å². The number of ether oxygens (including phenoxy) is 1. The number of benzene rings is 2. The maximum Gasteiger partial charge on any atom is 0.226 e. The number of hydrogen-bond donors (Lipinski definition) is 3. The first-order chi connectivity index (χ1) is 16.9. The zero-order valence-electron chi connectivity index (χ0n) is 23.3. The van der Waals surface area contributed by atoms with Gasteiger partial charge in [-0.2, -0.15) is 0 Å². The molecular formula is C30H43ClN2O4. The number of phenols is 1. The highest BCUT2D eigenvalue weighted by atomic mass is 35.5. The Balaban J connectivity index is 0.00000481. The number of hydrogen-bond acceptors (Lipinski definition) is 6. The molecule has 0 aliphatic carbocycles. The summed E-state index contributed by atoms with van der Waals surface area (Å²) in [4.78, 5) is 4.73. The van der Waals surface area contributed by atoms with Gasteiger partial charge in [0.25, 0.3) is 0 Å². The summed E-state index contributed by atoms with van der Waals surface area (Å²) in [5, 5.41) is 23.6. The van der Waals surface area contributed by atoms with Crippen LogP contribution in [-0.4, -0.2) is 35.0 Å². The zero-order chi connectivity index (χ0) is 26.5. The molecule has 3 rings (SSSR count). The Labute approximate surface area is 227 Å². The molecule has 0 amide bonds. The van der Waals surface area contributed by atoms with Gasteiger partial charge in [-0.25, -0.2) is 4.98 Å². The summed E-state index contributed by atoms with van der Waals surface area (Å²) in [5.74, 6) is 1.73. The third-order valence-corrected chi connectivity index (χ3v) is 6.23. The minimum Gasteiger partial charge on any atom is -0.507 e. The van der Waals surface area contributed by atoms with Crippen LogP contribution in [0.5, 0.6) is 11.5 Å². The van der Waals surface area contributed by atoms with Crippen LogP contribution in [0.15, 0.2) is 41.0 Å². The number of aromatic nitrogens is 1. The number of rotatable bonds is 10. The standard InChI is InChI=1S/C30H42N2O4.ClH/c1-8-31-18-22-15-20(11-13-33)9-10-26(22)35-14-12-23-19-36-28(32-23)21-16-24(29(2,3)4)27(34)25(17-21)30(5,6)7;/h9-10,15-17,19,31,33-34H,8,11-14,18H2,1-7H3;1H. The molecule has 0 aliphatic heterocycles. The maximum atomic E-state index is 11.0. The predicted octanol–water partition coefficient (Wildman–Crippen LogP) is 6.33. The Hall–Kier alpha value is -2.54. The molecule has 0 aliphatic rings. The minimum absolute atomic E-state index is 0. The first kappa shape index (κ1) is 30.7. The summed E-state index contributed by atoms with van der Waals surface area (Å²) in [6, 6.07) is 10.0. The molecule has 37 heavy (non-hydrogen) atoms. The minimum atomic E-state index is -0.222. The Morgan fingerprint density at radius 3 is 2.19 bits per heavy atom. The number of aromatic hydroxyl groups is 1. The SMILES string of the molecule is CCNCc1cc(CCO)ccc1OCCc1coc(-c2cc(C(C)(C)C)c(O)c(C(C)(C)C)c2)n1.Cl. The van der Waals surface area contributed by atoms with Gasteiger partial charge in [0.15, 0.2) is 0 Å². The van der Waals surface area contributed by atoms with E-state index in [1.807, 2.05) is 24.3 Å². The van der Waals surface area contributed by atoms with Gasteiger partial charge < -0.3 is 24.7 Å². The van der Waals surface area contributed by atoms with Crippen LogP contribution in [0.2, 0.25) is 0 Å². The van der Waals surface area contributed by atoms with Gasteiger partial charge >= 0.3 is 0 Å². The number of phenolic OH excluding ortho intramolecular Hbond substituents is 1. The second-order valence-electron chi connectivity index (χ2n) is 11.4. The fourth-order valence-electron chi connectivity index (χ4n) is 4.18. The van der Waals surface area contributed by atoms with Crippen molar-refractivity contribution in [1.29, 1.82) is 0 Å². The molecule has 0 fully saturated rings. The lowest BCUT2D eigenvalue weighted by molar-refractivity contribution is 0.299. The number of halogens is 1. The normalized spacial score (nSPS) is 11.9. The van der Waals surface area contributed by atoms with Crippen molar-refractivity contribution >= 4 is 12.4 Å². The molecule has 1 aromatic heterocycles. The van der Waals surface area contributed by atoms with Crippen molar-refractivity contribution in [2.75, 3.05) is 19.8 Å². The van der Waals surface area contributed by atoms with Crippen molar-refractivity contribution in [3.8, 4) is 23.0 Å². The van der Waals surface area contributed by atoms with Gasteiger partial charge in [0.05, 0.1) is 12.3 Å². The van der Waals surface area contributed by atoms with E-state index in [-0.39, 0.29) is 29.8 Å². The number of aliphatic hydroxyl groups excluding tert-OH is 1. The van der Waals surface area contributed by atoms with E-state index >= 15 is 0 Å². The van der Waals surface area contributed by atoms with Crippen LogP contribution >= 0.6 is 12.4 Å². The van der Waals surface area contributed by atoms with E-state index in [2.05, 4.69) is 59.8 Å². The average molecular weight is 531 g/mol. The number of nitrogens with zero attached hydrogens (tertiary/aromatic N) is 1. The van der Waals surface area contributed by atoms with Crippen LogP contribution in [0, 0.1) is 0 Å². The van der Waals surface area contributed by atoms with Crippen LogP contribution in [0.25, 0.3) is 11.5 Å². The van der Waals surface area contributed by atoms with Gasteiger partial charge in [0.2, 0.25) is 5.89 Å². The molecular weight excluding hydrogens is 488 g/mol. The maximum absolute atomic E-state index is 11.0. The van der Waals surface area contributed by atoms with Gasteiger partial charge in [0.1, 0.15) is 17.8 Å². The van der Waals surface area contributed by atoms with Gasteiger partial charge in [-0.1, -0.05) is 60.6 Å². The summed E-state index contributed by atoms with van der Waals surface area (Å²) >= 11 is 0. The molecule has 7 heteroatoms. The summed E-state index contributed by atoms with van der Waals surface area (Å²) in [5.41, 5.74) is 5.17. The fourth-order valence-corrected chi connectivity index (χ4v) is 4.18. The fraction of sp³-hybridized carbons (Fsp3) is 0.500. The van der Waals surface area contributed by atoms with Crippen LogP contribution in [-0.2, 0) is 30.2 Å². The van der Waals surface area contributed by atoms with Crippen LogP contribution in [0.4, 0.5) is 0 Å². The Bertz CT molecular complexity index is 1120. The Kier molecular flexibility index (Phi) is 10.6. The van der Waals surface area contributed by atoms with Crippen LogP contribution < -0.4 is 10.1 Å². The van der Waals surface area contributed by atoms with Crippen molar-refractivity contribution < 1.29 is 19.4 Å². The lowest BCUT2D eigenvalue weighted by Gasteiger charge is -2.27. The molecule has 3 N–H and O–H groups in total. The molecule has 0 atom stereocenters. The molecule has 0 spiro atoms. The first-order valence-corrected chi connectivity index (χ1v) is 12.8. The Morgan fingerprint density at radius 2 is 1.62 bits per heavy atom. The van der Waals surface area contributed by atoms with E-state index in [0.29, 0.717) is 37.6 Å². The molecule has 0 unspecified atom stereocenters. The van der Waals surface area contributed by atoms with E-state index in [9.17, 15) is 10.2 Å². The highest BCUT2D eigenvalue weighted by Gasteiger charge is 2.27. The highest BCUT2D eigenvalue weighted by Crippen LogP contribution is 2.41. The van der Waals surface area contributed by atoms with Gasteiger partial charge in [-0.15, -0.1) is 12.4 Å². The quantitative estimate of drug-likeness (QED) is 0.284. The molecule has 6 nitrogen and oxygen atoms in total. The molecule has 0 radical (unpaired) electrons. The Morgan fingerprint density at radius 1 is 0.973 bits per heavy atom. The smallest absolute Gasteiger partial charge is 0.226 e. The number of nitrogens with one attached hydrogen (secondary N) is 1. The topological polar surface area (TPSA) is 87.8 Å². The third-order valence-electron chi connectivity index (χ3n) is 6.23. The lowest BCUT2D eigenvalue weighted by Crippen LogP contribution is -2.17. The van der Waals surface area contributed by atoms with Gasteiger partial charge in [0, 0.05) is 41.8 Å². The molecule has 0 bridgehead atoms. The number of aliphatic hydroxyl groups is 1. The second kappa shape index (κ2) is 12.8. The average Bonchev–Trinajstić information content (AvgIpc) is 3.26. The largest absolute Gasteiger partial charge is 0.507 e. The molecule has 3 aromatic rings. The number of oxazole rings is 1.